The quantitative estimate of drug-likeness (QED) is 0.896. The molecule has 0 unspecified atom stereocenters. The number of likely N-dealkylation sites (tertiary alicyclic amines) is 1. The zero-order valence-electron chi connectivity index (χ0n) is 14.1. The van der Waals surface area contributed by atoms with E-state index in [-0.39, 0.29) is 18.9 Å². The number of nitrogens with zero attached hydrogens (tertiary/aromatic N) is 2. The van der Waals surface area contributed by atoms with Gasteiger partial charge in [-0.2, -0.15) is 0 Å². The van der Waals surface area contributed by atoms with Gasteiger partial charge in [0.2, 0.25) is 5.91 Å². The van der Waals surface area contributed by atoms with Crippen LogP contribution >= 0.6 is 0 Å². The Hall–Kier alpha value is -2.35. The summed E-state index contributed by atoms with van der Waals surface area (Å²) in [6, 6.07) is 5.66. The van der Waals surface area contributed by atoms with Gasteiger partial charge in [-0.15, -0.1) is 0 Å². The fourth-order valence-electron chi connectivity index (χ4n) is 3.17. The van der Waals surface area contributed by atoms with E-state index < -0.39 is 18.2 Å². The van der Waals surface area contributed by atoms with Crippen LogP contribution in [0.3, 0.4) is 0 Å². The number of carbonyl (C=O) groups is 2. The Kier molecular flexibility index (Phi) is 5.37. The van der Waals surface area contributed by atoms with Gasteiger partial charge in [-0.05, 0) is 12.1 Å². The van der Waals surface area contributed by atoms with E-state index >= 15 is 0 Å². The van der Waals surface area contributed by atoms with Crippen LogP contribution < -0.4 is 10.1 Å². The summed E-state index contributed by atoms with van der Waals surface area (Å²) in [5, 5.41) is 2.71. The van der Waals surface area contributed by atoms with Gasteiger partial charge in [0.1, 0.15) is 18.0 Å². The van der Waals surface area contributed by atoms with E-state index in [0.29, 0.717) is 37.7 Å². The number of ether oxygens (including phenoxy) is 2. The molecule has 2 heterocycles. The van der Waals surface area contributed by atoms with Gasteiger partial charge in [0.05, 0.1) is 32.6 Å². The van der Waals surface area contributed by atoms with Crippen LogP contribution in [-0.2, 0) is 9.53 Å². The van der Waals surface area contributed by atoms with Crippen molar-refractivity contribution in [2.45, 2.75) is 18.6 Å². The lowest BCUT2D eigenvalue weighted by atomic mass is 10.1. The van der Waals surface area contributed by atoms with E-state index in [1.54, 1.807) is 29.2 Å². The molecule has 0 bridgehead atoms. The molecule has 2 aliphatic heterocycles. The number of rotatable bonds is 3. The van der Waals surface area contributed by atoms with Gasteiger partial charge < -0.3 is 24.6 Å². The fourth-order valence-corrected chi connectivity index (χ4v) is 3.17. The number of urea groups is 1. The van der Waals surface area contributed by atoms with E-state index in [2.05, 4.69) is 5.32 Å². The fraction of sp³-hybridized carbons (Fsp3) is 0.529. The second kappa shape index (κ2) is 7.69. The maximum absolute atomic E-state index is 14.0. The summed E-state index contributed by atoms with van der Waals surface area (Å²) in [7, 11) is 1.50. The van der Waals surface area contributed by atoms with E-state index in [1.807, 2.05) is 0 Å². The standard InChI is InChI=1S/C17H22FN3O4/c1-24-15-5-3-2-4-13(15)19-17(23)21-11-12(18)10-14(21)16(22)20-6-8-25-9-7-20/h2-5,12,14H,6-11H2,1H3,(H,19,23)/t12-,14-/m0/s1. The van der Waals surface area contributed by atoms with Gasteiger partial charge in [0.25, 0.3) is 0 Å². The average molecular weight is 351 g/mol. The smallest absolute Gasteiger partial charge is 0.322 e. The highest BCUT2D eigenvalue weighted by molar-refractivity contribution is 5.95. The van der Waals surface area contributed by atoms with Crippen LogP contribution in [0.2, 0.25) is 0 Å². The number of amides is 3. The lowest BCUT2D eigenvalue weighted by molar-refractivity contribution is -0.139. The van der Waals surface area contributed by atoms with Gasteiger partial charge >= 0.3 is 6.03 Å². The van der Waals surface area contributed by atoms with Crippen molar-refractivity contribution in [3.8, 4) is 5.75 Å². The van der Waals surface area contributed by atoms with Crippen molar-refractivity contribution in [2.75, 3.05) is 45.3 Å². The number of anilines is 1. The molecule has 0 saturated carbocycles. The molecule has 7 nitrogen and oxygen atoms in total. The number of carbonyl (C=O) groups excluding carboxylic acids is 2. The normalized spacial score (nSPS) is 23.4. The lowest BCUT2D eigenvalue weighted by Gasteiger charge is -2.32. The number of alkyl halides is 1. The molecule has 0 radical (unpaired) electrons. The lowest BCUT2D eigenvalue weighted by Crippen LogP contribution is -2.51. The highest BCUT2D eigenvalue weighted by atomic mass is 19.1. The predicted octanol–water partition coefficient (Wildman–Crippen LogP) is 1.50. The van der Waals surface area contributed by atoms with Crippen molar-refractivity contribution in [1.29, 1.82) is 0 Å². The van der Waals surface area contributed by atoms with E-state index in [4.69, 9.17) is 9.47 Å². The predicted molar refractivity (Wildman–Crippen MR) is 89.4 cm³/mol. The molecule has 8 heteroatoms. The first-order valence-corrected chi connectivity index (χ1v) is 8.31. The Bertz CT molecular complexity index is 636. The van der Waals surface area contributed by atoms with Crippen LogP contribution in [0.25, 0.3) is 0 Å². The maximum atomic E-state index is 14.0. The Labute approximate surface area is 145 Å². The SMILES string of the molecule is COc1ccccc1NC(=O)N1C[C@@H](F)C[C@H]1C(=O)N1CCOCC1. The summed E-state index contributed by atoms with van der Waals surface area (Å²) in [5.74, 6) is 0.279. The number of para-hydroxylation sites is 2. The van der Waals surface area contributed by atoms with Crippen LogP contribution in [0, 0.1) is 0 Å². The van der Waals surface area contributed by atoms with Crippen molar-refractivity contribution in [2.24, 2.45) is 0 Å². The number of halogens is 1. The Morgan fingerprint density at radius 2 is 2.00 bits per heavy atom. The molecule has 3 rings (SSSR count). The van der Waals surface area contributed by atoms with Crippen molar-refractivity contribution in [3.05, 3.63) is 24.3 Å². The van der Waals surface area contributed by atoms with E-state index in [0.717, 1.165) is 0 Å². The first kappa shape index (κ1) is 17.5. The molecule has 1 aromatic rings. The molecule has 1 N–H and O–H groups in total. The molecule has 25 heavy (non-hydrogen) atoms. The van der Waals surface area contributed by atoms with Gasteiger partial charge in [-0.25, -0.2) is 9.18 Å². The molecular weight excluding hydrogens is 329 g/mol. The molecule has 136 valence electrons. The number of morpholine rings is 1. The van der Waals surface area contributed by atoms with Gasteiger partial charge in [0, 0.05) is 19.5 Å². The number of hydrogen-bond donors (Lipinski definition) is 1. The number of benzene rings is 1. The number of nitrogens with one attached hydrogen (secondary N) is 1. The highest BCUT2D eigenvalue weighted by Gasteiger charge is 2.42. The number of hydrogen-bond acceptors (Lipinski definition) is 4. The topological polar surface area (TPSA) is 71.1 Å². The largest absolute Gasteiger partial charge is 0.495 e. The molecule has 1 aromatic carbocycles. The minimum Gasteiger partial charge on any atom is -0.495 e. The third kappa shape index (κ3) is 3.84. The molecule has 2 saturated heterocycles. The van der Waals surface area contributed by atoms with Crippen LogP contribution in [0.1, 0.15) is 6.42 Å². The average Bonchev–Trinajstić information content (AvgIpc) is 3.04. The summed E-state index contributed by atoms with van der Waals surface area (Å²) in [5.41, 5.74) is 0.481. The van der Waals surface area contributed by atoms with Crippen LogP contribution in [0.15, 0.2) is 24.3 Å². The van der Waals surface area contributed by atoms with Crippen molar-refractivity contribution < 1.29 is 23.5 Å². The summed E-state index contributed by atoms with van der Waals surface area (Å²) >= 11 is 0. The maximum Gasteiger partial charge on any atom is 0.322 e. The molecule has 2 atom stereocenters. The molecular formula is C17H22FN3O4. The zero-order valence-corrected chi connectivity index (χ0v) is 14.1. The molecule has 0 spiro atoms. The van der Waals surface area contributed by atoms with E-state index in [1.165, 1.54) is 12.0 Å². The summed E-state index contributed by atoms with van der Waals surface area (Å²) in [6.07, 6.45) is -1.19. The molecule has 3 amide bonds. The first-order valence-electron chi connectivity index (χ1n) is 8.31. The Morgan fingerprint density at radius 3 is 2.72 bits per heavy atom. The number of methoxy groups -OCH3 is 1. The third-order valence-corrected chi connectivity index (χ3v) is 4.47. The van der Waals surface area contributed by atoms with Gasteiger partial charge in [-0.3, -0.25) is 4.79 Å². The molecule has 2 aliphatic rings. The Balaban J connectivity index is 1.72. The summed E-state index contributed by atoms with van der Waals surface area (Å²) in [4.78, 5) is 28.2. The Morgan fingerprint density at radius 1 is 1.28 bits per heavy atom. The first-order chi connectivity index (χ1) is 12.1. The molecule has 0 aromatic heterocycles. The minimum absolute atomic E-state index is 0.0233. The monoisotopic (exact) mass is 351 g/mol. The van der Waals surface area contributed by atoms with Crippen LogP contribution in [0.5, 0.6) is 5.75 Å². The summed E-state index contributed by atoms with van der Waals surface area (Å²) in [6.45, 7) is 1.76. The van der Waals surface area contributed by atoms with Crippen LogP contribution in [0.4, 0.5) is 14.9 Å². The second-order valence-electron chi connectivity index (χ2n) is 6.07. The van der Waals surface area contributed by atoms with Crippen molar-refractivity contribution in [3.63, 3.8) is 0 Å². The van der Waals surface area contributed by atoms with Crippen molar-refractivity contribution >= 4 is 17.6 Å². The van der Waals surface area contributed by atoms with Gasteiger partial charge in [-0.1, -0.05) is 12.1 Å². The minimum atomic E-state index is -1.21. The zero-order chi connectivity index (χ0) is 17.8. The summed E-state index contributed by atoms with van der Waals surface area (Å²) < 4.78 is 24.4. The third-order valence-electron chi connectivity index (χ3n) is 4.47. The molecule has 0 aliphatic carbocycles. The van der Waals surface area contributed by atoms with E-state index in [9.17, 15) is 14.0 Å². The molecule has 2 fully saturated rings. The van der Waals surface area contributed by atoms with Crippen molar-refractivity contribution in [1.82, 2.24) is 9.80 Å². The second-order valence-corrected chi connectivity index (χ2v) is 6.07. The van der Waals surface area contributed by atoms with Gasteiger partial charge in [0.15, 0.2) is 0 Å². The highest BCUT2D eigenvalue weighted by Crippen LogP contribution is 2.27. The van der Waals surface area contributed by atoms with Crippen LogP contribution in [-0.4, -0.2) is 73.9 Å².